The minimum Gasteiger partial charge on any atom is -0.352 e. The summed E-state index contributed by atoms with van der Waals surface area (Å²) in [7, 11) is 0. The Morgan fingerprint density at radius 2 is 1.61 bits per heavy atom. The molecule has 3 aromatic rings. The number of rotatable bonds is 12. The summed E-state index contributed by atoms with van der Waals surface area (Å²) in [6, 6.07) is 22.8. The average Bonchev–Trinajstić information content (AvgIpc) is 2.88. The first-order chi connectivity index (χ1) is 17.4. The number of hydrogen-bond donors (Lipinski definition) is 1. The van der Waals surface area contributed by atoms with Gasteiger partial charge in [0.2, 0.25) is 11.8 Å². The molecule has 1 N–H and O–H groups in total. The summed E-state index contributed by atoms with van der Waals surface area (Å²) in [5.74, 6) is -0.217. The van der Waals surface area contributed by atoms with Gasteiger partial charge in [-0.05, 0) is 42.2 Å². The standard InChI is InChI=1S/C29H32ClFN2O2S/c1-3-21(2)32-29(35)27(17-22-11-5-4-6-12-22)33(18-23-13-7-9-15-25(23)30)28(34)20-36-19-24-14-8-10-16-26(24)31/h4-16,21,27H,3,17-20H2,1-2H3,(H,32,35). The topological polar surface area (TPSA) is 49.4 Å². The molecule has 0 aliphatic rings. The fourth-order valence-electron chi connectivity index (χ4n) is 3.75. The summed E-state index contributed by atoms with van der Waals surface area (Å²) in [6.07, 6.45) is 1.15. The molecule has 4 nitrogen and oxygen atoms in total. The third kappa shape index (κ3) is 8.10. The number of halogens is 2. The van der Waals surface area contributed by atoms with Crippen molar-refractivity contribution in [2.24, 2.45) is 0 Å². The van der Waals surface area contributed by atoms with E-state index in [1.165, 1.54) is 17.8 Å². The Morgan fingerprint density at radius 1 is 0.972 bits per heavy atom. The highest BCUT2D eigenvalue weighted by Gasteiger charge is 2.31. The van der Waals surface area contributed by atoms with Crippen LogP contribution < -0.4 is 5.32 Å². The van der Waals surface area contributed by atoms with E-state index in [0.717, 1.165) is 17.5 Å². The Labute approximate surface area is 222 Å². The summed E-state index contributed by atoms with van der Waals surface area (Å²) in [4.78, 5) is 28.7. The number of carbonyl (C=O) groups excluding carboxylic acids is 2. The van der Waals surface area contributed by atoms with Crippen molar-refractivity contribution in [3.8, 4) is 0 Å². The molecule has 2 unspecified atom stereocenters. The highest BCUT2D eigenvalue weighted by Crippen LogP contribution is 2.22. The molecule has 0 bridgehead atoms. The van der Waals surface area contributed by atoms with Crippen LogP contribution in [0, 0.1) is 5.82 Å². The minimum absolute atomic E-state index is 0.0246. The fourth-order valence-corrected chi connectivity index (χ4v) is 4.84. The zero-order valence-corrected chi connectivity index (χ0v) is 22.2. The Morgan fingerprint density at radius 3 is 2.28 bits per heavy atom. The molecule has 190 valence electrons. The van der Waals surface area contributed by atoms with Gasteiger partial charge in [0.1, 0.15) is 11.9 Å². The third-order valence-electron chi connectivity index (χ3n) is 6.01. The zero-order valence-electron chi connectivity index (χ0n) is 20.6. The molecule has 0 aliphatic heterocycles. The molecular weight excluding hydrogens is 495 g/mol. The average molecular weight is 527 g/mol. The molecule has 3 rings (SSSR count). The van der Waals surface area contributed by atoms with Crippen LogP contribution in [-0.2, 0) is 28.3 Å². The second-order valence-electron chi connectivity index (χ2n) is 8.72. The van der Waals surface area contributed by atoms with E-state index in [1.807, 2.05) is 62.4 Å². The van der Waals surface area contributed by atoms with Crippen LogP contribution in [0.15, 0.2) is 78.9 Å². The Balaban J connectivity index is 1.87. The van der Waals surface area contributed by atoms with E-state index >= 15 is 0 Å². The lowest BCUT2D eigenvalue weighted by Gasteiger charge is -2.32. The zero-order chi connectivity index (χ0) is 25.9. The van der Waals surface area contributed by atoms with Crippen LogP contribution in [0.1, 0.15) is 37.0 Å². The lowest BCUT2D eigenvalue weighted by atomic mass is 10.0. The van der Waals surface area contributed by atoms with E-state index in [9.17, 15) is 14.0 Å². The van der Waals surface area contributed by atoms with E-state index in [2.05, 4.69) is 5.32 Å². The fraction of sp³-hybridized carbons (Fsp3) is 0.310. The molecule has 0 fully saturated rings. The van der Waals surface area contributed by atoms with Crippen molar-refractivity contribution in [2.45, 2.75) is 51.1 Å². The first-order valence-electron chi connectivity index (χ1n) is 12.1. The van der Waals surface area contributed by atoms with E-state index in [-0.39, 0.29) is 36.0 Å². The van der Waals surface area contributed by atoms with Gasteiger partial charge in [0.05, 0.1) is 5.75 Å². The van der Waals surface area contributed by atoms with Crippen LogP contribution in [0.3, 0.4) is 0 Å². The van der Waals surface area contributed by atoms with Crippen LogP contribution in [0.5, 0.6) is 0 Å². The Hall–Kier alpha value is -2.83. The van der Waals surface area contributed by atoms with Crippen LogP contribution in [0.2, 0.25) is 5.02 Å². The molecule has 2 amide bonds. The maximum absolute atomic E-state index is 14.1. The predicted octanol–water partition coefficient (Wildman–Crippen LogP) is 6.27. The normalized spacial score (nSPS) is 12.6. The quantitative estimate of drug-likeness (QED) is 0.303. The van der Waals surface area contributed by atoms with Crippen LogP contribution >= 0.6 is 23.4 Å². The SMILES string of the molecule is CCC(C)NC(=O)C(Cc1ccccc1)N(Cc1ccccc1Cl)C(=O)CSCc1ccccc1F. The molecule has 36 heavy (non-hydrogen) atoms. The van der Waals surface area contributed by atoms with Gasteiger partial charge < -0.3 is 10.2 Å². The van der Waals surface area contributed by atoms with Crippen molar-refractivity contribution < 1.29 is 14.0 Å². The van der Waals surface area contributed by atoms with Gasteiger partial charge in [-0.3, -0.25) is 9.59 Å². The number of thioether (sulfide) groups is 1. The first-order valence-corrected chi connectivity index (χ1v) is 13.6. The molecule has 3 aromatic carbocycles. The maximum atomic E-state index is 14.1. The highest BCUT2D eigenvalue weighted by atomic mass is 35.5. The largest absolute Gasteiger partial charge is 0.352 e. The monoisotopic (exact) mass is 526 g/mol. The van der Waals surface area contributed by atoms with Crippen molar-refractivity contribution in [1.82, 2.24) is 10.2 Å². The lowest BCUT2D eigenvalue weighted by Crippen LogP contribution is -2.52. The summed E-state index contributed by atoms with van der Waals surface area (Å²) in [6.45, 7) is 4.15. The number of amides is 2. The summed E-state index contributed by atoms with van der Waals surface area (Å²) >= 11 is 7.77. The van der Waals surface area contributed by atoms with E-state index in [1.54, 1.807) is 29.2 Å². The van der Waals surface area contributed by atoms with Gasteiger partial charge in [0.15, 0.2) is 0 Å². The van der Waals surface area contributed by atoms with Crippen molar-refractivity contribution in [3.63, 3.8) is 0 Å². The maximum Gasteiger partial charge on any atom is 0.243 e. The van der Waals surface area contributed by atoms with Gasteiger partial charge in [-0.15, -0.1) is 11.8 Å². The van der Waals surface area contributed by atoms with Crippen molar-refractivity contribution in [2.75, 3.05) is 5.75 Å². The van der Waals surface area contributed by atoms with Crippen LogP contribution in [-0.4, -0.2) is 34.6 Å². The Bertz CT molecular complexity index is 1140. The summed E-state index contributed by atoms with van der Waals surface area (Å²) < 4.78 is 14.1. The number of nitrogens with one attached hydrogen (secondary N) is 1. The number of carbonyl (C=O) groups is 2. The second-order valence-corrected chi connectivity index (χ2v) is 10.1. The Kier molecular flexibility index (Phi) is 10.8. The van der Waals surface area contributed by atoms with Gasteiger partial charge in [-0.2, -0.15) is 0 Å². The van der Waals surface area contributed by atoms with Gasteiger partial charge in [0, 0.05) is 29.8 Å². The van der Waals surface area contributed by atoms with Crippen LogP contribution in [0.4, 0.5) is 4.39 Å². The second kappa shape index (κ2) is 14.0. The highest BCUT2D eigenvalue weighted by molar-refractivity contribution is 7.99. The van der Waals surface area contributed by atoms with E-state index in [4.69, 9.17) is 11.6 Å². The van der Waals surface area contributed by atoms with Gasteiger partial charge in [-0.25, -0.2) is 4.39 Å². The first kappa shape index (κ1) is 27.8. The van der Waals surface area contributed by atoms with Gasteiger partial charge in [0.25, 0.3) is 0 Å². The molecule has 7 heteroatoms. The molecule has 0 aliphatic carbocycles. The van der Waals surface area contributed by atoms with E-state index in [0.29, 0.717) is 22.8 Å². The molecule has 0 saturated heterocycles. The van der Waals surface area contributed by atoms with Crippen molar-refractivity contribution in [3.05, 3.63) is 106 Å². The molecule has 0 aromatic heterocycles. The lowest BCUT2D eigenvalue weighted by molar-refractivity contribution is -0.139. The van der Waals surface area contributed by atoms with Crippen molar-refractivity contribution in [1.29, 1.82) is 0 Å². The van der Waals surface area contributed by atoms with Gasteiger partial charge in [-0.1, -0.05) is 85.3 Å². The molecule has 0 saturated carbocycles. The van der Waals surface area contributed by atoms with Gasteiger partial charge >= 0.3 is 0 Å². The van der Waals surface area contributed by atoms with E-state index < -0.39 is 6.04 Å². The number of nitrogens with zero attached hydrogens (tertiary/aromatic N) is 1. The minimum atomic E-state index is -0.723. The van der Waals surface area contributed by atoms with Crippen LogP contribution in [0.25, 0.3) is 0 Å². The predicted molar refractivity (Wildman–Crippen MR) is 146 cm³/mol. The smallest absolute Gasteiger partial charge is 0.243 e. The molecule has 2 atom stereocenters. The summed E-state index contributed by atoms with van der Waals surface area (Å²) in [5, 5.41) is 3.59. The molecular formula is C29H32ClFN2O2S. The van der Waals surface area contributed by atoms with Crippen molar-refractivity contribution >= 4 is 35.2 Å². The summed E-state index contributed by atoms with van der Waals surface area (Å²) in [5.41, 5.74) is 2.27. The number of benzene rings is 3. The molecule has 0 spiro atoms. The molecule has 0 radical (unpaired) electrons. The number of hydrogen-bond acceptors (Lipinski definition) is 3. The molecule has 0 heterocycles. The third-order valence-corrected chi connectivity index (χ3v) is 7.35.